The highest BCUT2D eigenvalue weighted by molar-refractivity contribution is 7.91. The number of carbonyl (C=O) groups excluding carboxylic acids is 2. The van der Waals surface area contributed by atoms with Crippen LogP contribution in [0.15, 0.2) is 34.8 Å². The number of nitrogens with zero attached hydrogens (tertiary/aromatic N) is 1. The average Bonchev–Trinajstić information content (AvgIpc) is 3.13. The van der Waals surface area contributed by atoms with Gasteiger partial charge in [0.15, 0.2) is 22.0 Å². The van der Waals surface area contributed by atoms with E-state index in [-0.39, 0.29) is 17.4 Å². The predicted molar refractivity (Wildman–Crippen MR) is 89.2 cm³/mol. The molecule has 1 atom stereocenters. The third-order valence-corrected chi connectivity index (χ3v) is 5.38. The van der Waals surface area contributed by atoms with Crippen LogP contribution in [-0.2, 0) is 24.2 Å². The Balaban J connectivity index is 1.46. The number of carbonyl (C=O) groups is 2. The van der Waals surface area contributed by atoms with Gasteiger partial charge in [0.25, 0.3) is 5.91 Å². The van der Waals surface area contributed by atoms with Gasteiger partial charge in [0.2, 0.25) is 5.89 Å². The van der Waals surface area contributed by atoms with Crippen LogP contribution in [0.5, 0.6) is 0 Å². The SMILES string of the molecule is O=C(COC(=O)/C=C/c1nc2ccccc2o1)N[C@@H]1CCS(=O)(=O)C1. The number of nitrogens with one attached hydrogen (secondary N) is 1. The summed E-state index contributed by atoms with van der Waals surface area (Å²) in [7, 11) is -3.07. The van der Waals surface area contributed by atoms with Crippen molar-refractivity contribution in [3.8, 4) is 0 Å². The lowest BCUT2D eigenvalue weighted by Gasteiger charge is -2.10. The monoisotopic (exact) mass is 364 g/mol. The maximum absolute atomic E-state index is 11.7. The van der Waals surface area contributed by atoms with Gasteiger partial charge in [-0.05, 0) is 18.6 Å². The number of benzene rings is 1. The van der Waals surface area contributed by atoms with Crippen LogP contribution in [-0.4, -0.2) is 49.4 Å². The molecular formula is C16H16N2O6S. The second kappa shape index (κ2) is 7.06. The molecule has 0 aliphatic carbocycles. The lowest BCUT2D eigenvalue weighted by molar-refractivity contribution is -0.144. The van der Waals surface area contributed by atoms with E-state index >= 15 is 0 Å². The number of ether oxygens (including phenoxy) is 1. The largest absolute Gasteiger partial charge is 0.452 e. The third kappa shape index (κ3) is 4.66. The molecule has 25 heavy (non-hydrogen) atoms. The molecule has 0 saturated carbocycles. The molecular weight excluding hydrogens is 348 g/mol. The zero-order chi connectivity index (χ0) is 17.9. The summed E-state index contributed by atoms with van der Waals surface area (Å²) in [6.07, 6.45) is 2.83. The predicted octanol–water partition coefficient (Wildman–Crippen LogP) is 0.688. The summed E-state index contributed by atoms with van der Waals surface area (Å²) in [4.78, 5) is 27.5. The van der Waals surface area contributed by atoms with Gasteiger partial charge in [-0.25, -0.2) is 18.2 Å². The molecule has 1 N–H and O–H groups in total. The number of aromatic nitrogens is 1. The minimum Gasteiger partial charge on any atom is -0.452 e. The summed E-state index contributed by atoms with van der Waals surface area (Å²) in [5.74, 6) is -1.03. The van der Waals surface area contributed by atoms with E-state index in [1.807, 2.05) is 12.1 Å². The Labute approximate surface area is 143 Å². The first-order chi connectivity index (χ1) is 11.9. The Bertz CT molecular complexity index is 898. The number of esters is 1. The van der Waals surface area contributed by atoms with E-state index < -0.39 is 34.4 Å². The molecule has 1 aliphatic heterocycles. The van der Waals surface area contributed by atoms with Gasteiger partial charge in [-0.15, -0.1) is 0 Å². The Morgan fingerprint density at radius 3 is 2.88 bits per heavy atom. The van der Waals surface area contributed by atoms with Crippen LogP contribution < -0.4 is 5.32 Å². The lowest BCUT2D eigenvalue weighted by atomic mass is 10.2. The summed E-state index contributed by atoms with van der Waals surface area (Å²) in [6.45, 7) is -0.479. The highest BCUT2D eigenvalue weighted by Crippen LogP contribution is 2.15. The first-order valence-electron chi connectivity index (χ1n) is 7.61. The Morgan fingerprint density at radius 1 is 1.36 bits per heavy atom. The number of para-hydroxylation sites is 2. The van der Waals surface area contributed by atoms with Crippen molar-refractivity contribution >= 4 is 38.9 Å². The van der Waals surface area contributed by atoms with Gasteiger partial charge >= 0.3 is 5.97 Å². The van der Waals surface area contributed by atoms with Crippen molar-refractivity contribution in [1.82, 2.24) is 10.3 Å². The van der Waals surface area contributed by atoms with Crippen LogP contribution >= 0.6 is 0 Å². The Hall–Kier alpha value is -2.68. The molecule has 8 nitrogen and oxygen atoms in total. The fraction of sp³-hybridized carbons (Fsp3) is 0.312. The number of hydrogen-bond acceptors (Lipinski definition) is 7. The molecule has 1 aromatic heterocycles. The fourth-order valence-electron chi connectivity index (χ4n) is 2.46. The lowest BCUT2D eigenvalue weighted by Crippen LogP contribution is -2.38. The normalized spacial score (nSPS) is 19.3. The van der Waals surface area contributed by atoms with Crippen LogP contribution in [0.3, 0.4) is 0 Å². The van der Waals surface area contributed by atoms with Crippen LogP contribution in [0.25, 0.3) is 17.2 Å². The van der Waals surface area contributed by atoms with Crippen molar-refractivity contribution in [3.63, 3.8) is 0 Å². The fourth-order valence-corrected chi connectivity index (χ4v) is 4.14. The molecule has 3 rings (SSSR count). The first-order valence-corrected chi connectivity index (χ1v) is 9.44. The molecule has 0 bridgehead atoms. The van der Waals surface area contributed by atoms with Gasteiger partial charge in [0.1, 0.15) is 5.52 Å². The van der Waals surface area contributed by atoms with Gasteiger partial charge in [-0.1, -0.05) is 12.1 Å². The second-order valence-corrected chi connectivity index (χ2v) is 7.86. The molecule has 1 fully saturated rings. The van der Waals surface area contributed by atoms with E-state index in [9.17, 15) is 18.0 Å². The van der Waals surface area contributed by atoms with Gasteiger partial charge in [-0.3, -0.25) is 4.79 Å². The maximum atomic E-state index is 11.7. The molecule has 0 radical (unpaired) electrons. The molecule has 132 valence electrons. The standard InChI is InChI=1S/C16H16N2O6S/c19-14(17-11-7-8-25(21,22)10-11)9-23-16(20)6-5-15-18-12-3-1-2-4-13(12)24-15/h1-6,11H,7-10H2,(H,17,19)/b6-5+/t11-/m1/s1. The number of amides is 1. The van der Waals surface area contributed by atoms with E-state index in [0.717, 1.165) is 6.08 Å². The van der Waals surface area contributed by atoms with Gasteiger partial charge in [0.05, 0.1) is 11.5 Å². The highest BCUT2D eigenvalue weighted by Gasteiger charge is 2.28. The van der Waals surface area contributed by atoms with E-state index in [1.165, 1.54) is 6.08 Å². The maximum Gasteiger partial charge on any atom is 0.331 e. The topological polar surface area (TPSA) is 116 Å². The molecule has 1 aliphatic rings. The molecule has 1 aromatic carbocycles. The van der Waals surface area contributed by atoms with Crippen LogP contribution in [0.1, 0.15) is 12.3 Å². The van der Waals surface area contributed by atoms with Gasteiger partial charge < -0.3 is 14.5 Å². The van der Waals surface area contributed by atoms with Crippen molar-refractivity contribution in [2.24, 2.45) is 0 Å². The van der Waals surface area contributed by atoms with Crippen LogP contribution in [0.2, 0.25) is 0 Å². The van der Waals surface area contributed by atoms with E-state index in [4.69, 9.17) is 9.15 Å². The molecule has 9 heteroatoms. The Morgan fingerprint density at radius 2 is 2.16 bits per heavy atom. The minimum atomic E-state index is -3.07. The summed E-state index contributed by atoms with van der Waals surface area (Å²) in [6, 6.07) is 6.74. The molecule has 2 aromatic rings. The zero-order valence-electron chi connectivity index (χ0n) is 13.2. The van der Waals surface area contributed by atoms with E-state index in [0.29, 0.717) is 17.5 Å². The summed E-state index contributed by atoms with van der Waals surface area (Å²) in [5, 5.41) is 2.53. The van der Waals surface area contributed by atoms with Gasteiger partial charge in [-0.2, -0.15) is 0 Å². The second-order valence-electron chi connectivity index (χ2n) is 5.63. The number of oxazole rings is 1. The van der Waals surface area contributed by atoms with E-state index in [1.54, 1.807) is 12.1 Å². The Kier molecular flexibility index (Phi) is 4.84. The summed E-state index contributed by atoms with van der Waals surface area (Å²) >= 11 is 0. The zero-order valence-corrected chi connectivity index (χ0v) is 14.0. The summed E-state index contributed by atoms with van der Waals surface area (Å²) < 4.78 is 32.8. The van der Waals surface area contributed by atoms with Crippen molar-refractivity contribution in [1.29, 1.82) is 0 Å². The molecule has 2 heterocycles. The van der Waals surface area contributed by atoms with Crippen molar-refractivity contribution < 1.29 is 27.2 Å². The number of hydrogen-bond donors (Lipinski definition) is 1. The van der Waals surface area contributed by atoms with Crippen LogP contribution in [0.4, 0.5) is 0 Å². The minimum absolute atomic E-state index is 0.0605. The van der Waals surface area contributed by atoms with Crippen LogP contribution in [0, 0.1) is 0 Å². The quantitative estimate of drug-likeness (QED) is 0.613. The van der Waals surface area contributed by atoms with Crippen molar-refractivity contribution in [2.75, 3.05) is 18.1 Å². The van der Waals surface area contributed by atoms with Crippen molar-refractivity contribution in [2.45, 2.75) is 12.5 Å². The van der Waals surface area contributed by atoms with Crippen molar-refractivity contribution in [3.05, 3.63) is 36.2 Å². The van der Waals surface area contributed by atoms with Gasteiger partial charge in [0, 0.05) is 18.2 Å². The smallest absolute Gasteiger partial charge is 0.331 e. The highest BCUT2D eigenvalue weighted by atomic mass is 32.2. The first kappa shape index (κ1) is 17.2. The molecule has 1 saturated heterocycles. The average molecular weight is 364 g/mol. The third-order valence-electron chi connectivity index (χ3n) is 3.62. The number of sulfone groups is 1. The molecule has 1 amide bonds. The summed E-state index contributed by atoms with van der Waals surface area (Å²) in [5.41, 5.74) is 1.27. The molecule has 0 unspecified atom stereocenters. The number of fused-ring (bicyclic) bond motifs is 1. The number of rotatable bonds is 5. The molecule has 0 spiro atoms. The van der Waals surface area contributed by atoms with E-state index in [2.05, 4.69) is 10.3 Å².